The predicted molar refractivity (Wildman–Crippen MR) is 157 cm³/mol. The number of carbonyl (C=O) groups excluding carboxylic acids is 3. The molecule has 0 radical (unpaired) electrons. The molecule has 3 amide bonds. The van der Waals surface area contributed by atoms with Crippen molar-refractivity contribution in [2.45, 2.75) is 32.7 Å². The first kappa shape index (κ1) is 30.3. The number of nitrogens with two attached hydrogens (primary N) is 1. The second-order valence-electron chi connectivity index (χ2n) is 9.06. The molecule has 208 valence electrons. The Morgan fingerprint density at radius 3 is 2.48 bits per heavy atom. The molecular weight excluding hydrogens is 551 g/mol. The topological polar surface area (TPSA) is 134 Å². The van der Waals surface area contributed by atoms with Crippen molar-refractivity contribution in [3.8, 4) is 11.3 Å². The number of nitrogens with zero attached hydrogens (tertiary/aromatic N) is 3. The summed E-state index contributed by atoms with van der Waals surface area (Å²) in [4.78, 5) is 41.6. The van der Waals surface area contributed by atoms with E-state index in [-0.39, 0.29) is 18.2 Å². The van der Waals surface area contributed by atoms with Crippen LogP contribution in [0.15, 0.2) is 73.1 Å². The summed E-state index contributed by atoms with van der Waals surface area (Å²) in [7, 11) is 1.51. The average molecular weight is 582 g/mol. The summed E-state index contributed by atoms with van der Waals surface area (Å²) in [6.45, 7) is 3.53. The van der Waals surface area contributed by atoms with Gasteiger partial charge in [0.2, 0.25) is 11.8 Å². The van der Waals surface area contributed by atoms with E-state index in [0.29, 0.717) is 27.7 Å². The molecule has 2 heterocycles. The number of aromatic nitrogens is 3. The molecule has 4 rings (SSSR count). The van der Waals surface area contributed by atoms with E-state index in [0.717, 1.165) is 22.5 Å². The van der Waals surface area contributed by atoms with E-state index in [2.05, 4.69) is 20.5 Å². The van der Waals surface area contributed by atoms with E-state index in [1.807, 2.05) is 37.3 Å². The molecule has 0 saturated carbocycles. The van der Waals surface area contributed by atoms with Gasteiger partial charge in [0.05, 0.1) is 15.7 Å². The van der Waals surface area contributed by atoms with Crippen LogP contribution in [0.5, 0.6) is 0 Å². The Hall–Kier alpha value is -4.21. The van der Waals surface area contributed by atoms with E-state index in [9.17, 15) is 14.4 Å². The van der Waals surface area contributed by atoms with Crippen LogP contribution in [0.1, 0.15) is 35.0 Å². The fourth-order valence-corrected chi connectivity index (χ4v) is 3.88. The van der Waals surface area contributed by atoms with Crippen LogP contribution in [0.25, 0.3) is 11.3 Å². The van der Waals surface area contributed by atoms with Gasteiger partial charge in [-0.1, -0.05) is 35.3 Å². The lowest BCUT2D eigenvalue weighted by Gasteiger charge is -2.22. The van der Waals surface area contributed by atoms with Gasteiger partial charge in [-0.25, -0.2) is 0 Å². The average Bonchev–Trinajstić information content (AvgIpc) is 3.43. The number of rotatable bonds is 8. The zero-order valence-corrected chi connectivity index (χ0v) is 23.8. The van der Waals surface area contributed by atoms with Crippen molar-refractivity contribution in [1.29, 1.82) is 0 Å². The quantitative estimate of drug-likeness (QED) is 0.260. The number of hydrogen-bond donors (Lipinski definition) is 3. The monoisotopic (exact) mass is 580 g/mol. The van der Waals surface area contributed by atoms with Crippen LogP contribution in [-0.2, 0) is 16.0 Å². The van der Waals surface area contributed by atoms with Crippen LogP contribution >= 0.6 is 23.2 Å². The fraction of sp³-hybridized carbons (Fsp3) is 0.207. The summed E-state index contributed by atoms with van der Waals surface area (Å²) < 4.78 is 0. The first-order valence-corrected chi connectivity index (χ1v) is 13.1. The minimum absolute atomic E-state index is 0.194. The number of benzene rings is 2. The SMILES string of the molecule is CC(C(N)=O)N(C)C(=O)c1cccc(NC(=O)CCc2cc(-c3cccnc3)n[nH]2)c1.Cc1ccc(Cl)c(Cl)c1. The normalized spacial score (nSPS) is 11.1. The number of likely N-dealkylation sites (N-methyl/N-ethyl adjacent to an activating group) is 1. The molecule has 1 unspecified atom stereocenters. The Labute approximate surface area is 242 Å². The van der Waals surface area contributed by atoms with Gasteiger partial charge in [-0.3, -0.25) is 24.5 Å². The third kappa shape index (κ3) is 8.65. The molecule has 2 aromatic heterocycles. The molecule has 0 aliphatic carbocycles. The maximum absolute atomic E-state index is 12.5. The lowest BCUT2D eigenvalue weighted by atomic mass is 10.1. The first-order chi connectivity index (χ1) is 19.0. The summed E-state index contributed by atoms with van der Waals surface area (Å²) in [6, 6.07) is 17.0. The number of nitrogens with one attached hydrogen (secondary N) is 2. The largest absolute Gasteiger partial charge is 0.368 e. The zero-order chi connectivity index (χ0) is 29.2. The number of hydrogen-bond acceptors (Lipinski definition) is 5. The summed E-state index contributed by atoms with van der Waals surface area (Å²) in [6.07, 6.45) is 4.14. The molecule has 9 nitrogen and oxygen atoms in total. The van der Waals surface area contributed by atoms with Crippen LogP contribution in [-0.4, -0.2) is 50.9 Å². The van der Waals surface area contributed by atoms with Gasteiger partial charge >= 0.3 is 0 Å². The van der Waals surface area contributed by atoms with Gasteiger partial charge in [0.1, 0.15) is 6.04 Å². The molecule has 0 fully saturated rings. The molecule has 0 aliphatic heterocycles. The van der Waals surface area contributed by atoms with Gasteiger partial charge in [0, 0.05) is 48.4 Å². The third-order valence-corrected chi connectivity index (χ3v) is 6.73. The highest BCUT2D eigenvalue weighted by molar-refractivity contribution is 6.42. The summed E-state index contributed by atoms with van der Waals surface area (Å²) in [5.41, 5.74) is 9.74. The Kier molecular flexibility index (Phi) is 10.8. The molecule has 40 heavy (non-hydrogen) atoms. The minimum atomic E-state index is -0.739. The van der Waals surface area contributed by atoms with Crippen LogP contribution in [0.2, 0.25) is 10.0 Å². The molecule has 2 aromatic carbocycles. The van der Waals surface area contributed by atoms with Gasteiger partial charge in [0.15, 0.2) is 0 Å². The maximum atomic E-state index is 12.5. The van der Waals surface area contributed by atoms with Crippen LogP contribution in [0.4, 0.5) is 5.69 Å². The lowest BCUT2D eigenvalue weighted by molar-refractivity contribution is -0.121. The van der Waals surface area contributed by atoms with Crippen molar-refractivity contribution in [3.05, 3.63) is 99.9 Å². The molecule has 4 aromatic rings. The number of anilines is 1. The van der Waals surface area contributed by atoms with Crippen molar-refractivity contribution in [2.75, 3.05) is 12.4 Å². The first-order valence-electron chi connectivity index (χ1n) is 12.4. The van der Waals surface area contributed by atoms with E-state index in [4.69, 9.17) is 28.9 Å². The third-order valence-electron chi connectivity index (χ3n) is 5.99. The number of pyridine rings is 1. The van der Waals surface area contributed by atoms with E-state index >= 15 is 0 Å². The highest BCUT2D eigenvalue weighted by atomic mass is 35.5. The summed E-state index contributed by atoms with van der Waals surface area (Å²) in [5, 5.41) is 11.2. The van der Waals surface area contributed by atoms with Gasteiger partial charge in [0.25, 0.3) is 5.91 Å². The summed E-state index contributed by atoms with van der Waals surface area (Å²) >= 11 is 11.3. The maximum Gasteiger partial charge on any atom is 0.254 e. The van der Waals surface area contributed by atoms with Crippen molar-refractivity contribution >= 4 is 46.6 Å². The van der Waals surface area contributed by atoms with Crippen LogP contribution in [0.3, 0.4) is 0 Å². The van der Waals surface area contributed by atoms with Crippen molar-refractivity contribution in [2.24, 2.45) is 5.73 Å². The number of halogens is 2. The smallest absolute Gasteiger partial charge is 0.254 e. The van der Waals surface area contributed by atoms with Crippen molar-refractivity contribution < 1.29 is 14.4 Å². The zero-order valence-electron chi connectivity index (χ0n) is 22.3. The molecule has 1 atom stereocenters. The molecule has 4 N–H and O–H groups in total. The minimum Gasteiger partial charge on any atom is -0.368 e. The Bertz CT molecular complexity index is 1480. The molecule has 0 aliphatic rings. The number of aromatic amines is 1. The predicted octanol–water partition coefficient (Wildman–Crippen LogP) is 5.29. The number of carbonyl (C=O) groups is 3. The highest BCUT2D eigenvalue weighted by Crippen LogP contribution is 2.22. The van der Waals surface area contributed by atoms with Crippen LogP contribution in [0, 0.1) is 6.92 Å². The van der Waals surface area contributed by atoms with Gasteiger partial charge in [-0.2, -0.15) is 5.10 Å². The van der Waals surface area contributed by atoms with E-state index in [1.54, 1.807) is 49.6 Å². The molecule has 11 heteroatoms. The lowest BCUT2D eigenvalue weighted by Crippen LogP contribution is -2.43. The Morgan fingerprint density at radius 1 is 1.05 bits per heavy atom. The van der Waals surface area contributed by atoms with Gasteiger partial charge < -0.3 is 16.0 Å². The molecular formula is C29H30Cl2N6O3. The highest BCUT2D eigenvalue weighted by Gasteiger charge is 2.21. The number of amides is 3. The van der Waals surface area contributed by atoms with Crippen LogP contribution < -0.4 is 11.1 Å². The van der Waals surface area contributed by atoms with Gasteiger partial charge in [-0.05, 0) is 74.4 Å². The van der Waals surface area contributed by atoms with E-state index in [1.165, 1.54) is 11.9 Å². The molecule has 0 bridgehead atoms. The second-order valence-corrected chi connectivity index (χ2v) is 9.88. The second kappa shape index (κ2) is 14.3. The van der Waals surface area contributed by atoms with Crippen molar-refractivity contribution in [3.63, 3.8) is 0 Å². The fourth-order valence-electron chi connectivity index (χ4n) is 3.53. The Morgan fingerprint density at radius 2 is 1.82 bits per heavy atom. The number of primary amides is 1. The molecule has 0 saturated heterocycles. The van der Waals surface area contributed by atoms with E-state index < -0.39 is 11.9 Å². The summed E-state index contributed by atoms with van der Waals surface area (Å²) in [5.74, 6) is -1.14. The Balaban J connectivity index is 0.000000415. The standard InChI is InChI=1S/C22H24N6O3.C7H6Cl2/c1-14(21(23)30)28(2)22(31)15-5-3-7-17(11-15)25-20(29)9-8-18-12-19(27-26-18)16-6-4-10-24-13-16;1-5-2-3-6(8)7(9)4-5/h3-7,10-14H,8-9H2,1-2H3,(H2,23,30)(H,25,29)(H,26,27);2-4H,1H3. The number of H-pyrrole nitrogens is 1. The number of aryl methyl sites for hydroxylation is 2. The van der Waals surface area contributed by atoms with Gasteiger partial charge in [-0.15, -0.1) is 0 Å². The van der Waals surface area contributed by atoms with Crippen molar-refractivity contribution in [1.82, 2.24) is 20.1 Å². The molecule has 0 spiro atoms.